The highest BCUT2D eigenvalue weighted by molar-refractivity contribution is 9.10. The molecule has 5 heteroatoms. The lowest BCUT2D eigenvalue weighted by molar-refractivity contribution is 0.0697. The molecule has 4 nitrogen and oxygen atoms in total. The van der Waals surface area contributed by atoms with Crippen LogP contribution in [0.3, 0.4) is 0 Å². The molecule has 0 spiro atoms. The van der Waals surface area contributed by atoms with Crippen molar-refractivity contribution in [1.82, 2.24) is 4.98 Å². The molecule has 2 aromatic rings. The minimum atomic E-state index is -0.999. The van der Waals surface area contributed by atoms with Gasteiger partial charge in [0.1, 0.15) is 5.56 Å². The van der Waals surface area contributed by atoms with Gasteiger partial charge in [0.15, 0.2) is 0 Å². The number of anilines is 2. The van der Waals surface area contributed by atoms with E-state index in [2.05, 4.69) is 26.2 Å². The number of aromatic nitrogens is 1. The molecular formula is C14H13BrN2O2. The highest BCUT2D eigenvalue weighted by Gasteiger charge is 2.11. The van der Waals surface area contributed by atoms with Crippen LogP contribution in [0.2, 0.25) is 0 Å². The van der Waals surface area contributed by atoms with Crippen LogP contribution in [-0.2, 0) is 0 Å². The number of hydrogen-bond donors (Lipinski definition) is 2. The number of carboxylic acid groups (broad SMARTS) is 1. The molecular weight excluding hydrogens is 308 g/mol. The molecule has 0 unspecified atom stereocenters. The zero-order valence-electron chi connectivity index (χ0n) is 10.6. The minimum Gasteiger partial charge on any atom is -0.478 e. The van der Waals surface area contributed by atoms with Crippen molar-refractivity contribution in [3.05, 3.63) is 51.8 Å². The number of hydrogen-bond acceptors (Lipinski definition) is 3. The Morgan fingerprint density at radius 1 is 1.32 bits per heavy atom. The summed E-state index contributed by atoms with van der Waals surface area (Å²) in [6, 6.07) is 7.50. The highest BCUT2D eigenvalue weighted by Crippen LogP contribution is 2.25. The van der Waals surface area contributed by atoms with Crippen molar-refractivity contribution in [3.63, 3.8) is 0 Å². The molecule has 0 fully saturated rings. The molecule has 0 amide bonds. The zero-order valence-corrected chi connectivity index (χ0v) is 12.2. The molecule has 0 saturated carbocycles. The van der Waals surface area contributed by atoms with Crippen LogP contribution < -0.4 is 5.32 Å². The van der Waals surface area contributed by atoms with E-state index in [4.69, 9.17) is 5.11 Å². The predicted octanol–water partition coefficient (Wildman–Crippen LogP) is 3.90. The molecule has 0 bridgehead atoms. The number of nitrogens with one attached hydrogen (secondary N) is 1. The molecule has 98 valence electrons. The Labute approximate surface area is 119 Å². The largest absolute Gasteiger partial charge is 0.478 e. The smallest absolute Gasteiger partial charge is 0.339 e. The third kappa shape index (κ3) is 3.12. The Hall–Kier alpha value is -1.88. The summed E-state index contributed by atoms with van der Waals surface area (Å²) in [7, 11) is 0. The molecule has 1 aromatic carbocycles. The molecule has 2 N–H and O–H groups in total. The van der Waals surface area contributed by atoms with Crippen molar-refractivity contribution in [1.29, 1.82) is 0 Å². The number of nitrogens with zero attached hydrogens (tertiary/aromatic N) is 1. The van der Waals surface area contributed by atoms with Crippen molar-refractivity contribution >= 4 is 33.3 Å². The van der Waals surface area contributed by atoms with Crippen LogP contribution in [0.4, 0.5) is 11.4 Å². The molecule has 0 aliphatic heterocycles. The summed E-state index contributed by atoms with van der Waals surface area (Å²) in [5.74, 6) is -0.999. The maximum atomic E-state index is 11.2. The van der Waals surface area contributed by atoms with E-state index < -0.39 is 5.97 Å². The Bertz CT molecular complexity index is 641. The maximum absolute atomic E-state index is 11.2. The first-order chi connectivity index (χ1) is 8.97. The van der Waals surface area contributed by atoms with Crippen LogP contribution in [-0.4, -0.2) is 16.1 Å². The number of aryl methyl sites for hydroxylation is 2. The van der Waals surface area contributed by atoms with E-state index in [1.54, 1.807) is 6.07 Å². The molecule has 19 heavy (non-hydrogen) atoms. The normalized spacial score (nSPS) is 10.3. The number of halogens is 1. The molecule has 0 saturated heterocycles. The molecule has 1 aromatic heterocycles. The lowest BCUT2D eigenvalue weighted by atomic mass is 10.2. The van der Waals surface area contributed by atoms with Gasteiger partial charge in [0.25, 0.3) is 0 Å². The Morgan fingerprint density at radius 2 is 2.05 bits per heavy atom. The average Bonchev–Trinajstić information content (AvgIpc) is 2.33. The second kappa shape index (κ2) is 5.40. The van der Waals surface area contributed by atoms with Crippen LogP contribution in [0.15, 0.2) is 34.9 Å². The average molecular weight is 321 g/mol. The number of carboxylic acids is 1. The minimum absolute atomic E-state index is 0.155. The van der Waals surface area contributed by atoms with Crippen molar-refractivity contribution < 1.29 is 9.90 Å². The van der Waals surface area contributed by atoms with Crippen LogP contribution in [0.5, 0.6) is 0 Å². The molecule has 2 rings (SSSR count). The Kier molecular flexibility index (Phi) is 3.85. The standard InChI is InChI=1S/C14H13BrN2O2/c1-8-3-4-10(6-12(8)15)17-13-5-9(2)16-7-11(13)14(18)19/h3-7H,1-2H3,(H,16,17)(H,18,19). The van der Waals surface area contributed by atoms with Gasteiger partial charge in [-0.05, 0) is 37.6 Å². The van der Waals surface area contributed by atoms with Crippen molar-refractivity contribution in [2.75, 3.05) is 5.32 Å². The number of benzene rings is 1. The van der Waals surface area contributed by atoms with Gasteiger partial charge in [-0.15, -0.1) is 0 Å². The van der Waals surface area contributed by atoms with E-state index in [1.807, 2.05) is 32.0 Å². The maximum Gasteiger partial charge on any atom is 0.339 e. The molecule has 1 heterocycles. The van der Waals surface area contributed by atoms with Crippen LogP contribution >= 0.6 is 15.9 Å². The summed E-state index contributed by atoms with van der Waals surface area (Å²) in [5.41, 5.74) is 3.40. The first-order valence-corrected chi connectivity index (χ1v) is 6.50. The van der Waals surface area contributed by atoms with Gasteiger partial charge in [-0.3, -0.25) is 4.98 Å². The van der Waals surface area contributed by atoms with E-state index in [-0.39, 0.29) is 5.56 Å². The number of carbonyl (C=O) groups is 1. The fourth-order valence-corrected chi connectivity index (χ4v) is 2.04. The molecule has 0 radical (unpaired) electrons. The van der Waals surface area contributed by atoms with E-state index in [9.17, 15) is 4.79 Å². The van der Waals surface area contributed by atoms with E-state index in [0.29, 0.717) is 5.69 Å². The summed E-state index contributed by atoms with van der Waals surface area (Å²) < 4.78 is 0.972. The Balaban J connectivity index is 2.39. The van der Waals surface area contributed by atoms with E-state index in [0.717, 1.165) is 21.4 Å². The molecule has 0 atom stereocenters. The third-order valence-corrected chi connectivity index (χ3v) is 3.58. The number of rotatable bonds is 3. The summed E-state index contributed by atoms with van der Waals surface area (Å²) in [4.78, 5) is 15.2. The lowest BCUT2D eigenvalue weighted by Gasteiger charge is -2.11. The zero-order chi connectivity index (χ0) is 14.0. The lowest BCUT2D eigenvalue weighted by Crippen LogP contribution is -2.04. The summed E-state index contributed by atoms with van der Waals surface area (Å²) in [6.07, 6.45) is 1.36. The van der Waals surface area contributed by atoms with Gasteiger partial charge in [0, 0.05) is 22.1 Å². The second-order valence-corrected chi connectivity index (χ2v) is 5.12. The SMILES string of the molecule is Cc1cc(Nc2ccc(C)c(Br)c2)c(C(=O)O)cn1. The van der Waals surface area contributed by atoms with Gasteiger partial charge in [-0.2, -0.15) is 0 Å². The van der Waals surface area contributed by atoms with E-state index >= 15 is 0 Å². The molecule has 0 aliphatic carbocycles. The van der Waals surface area contributed by atoms with Gasteiger partial charge < -0.3 is 10.4 Å². The van der Waals surface area contributed by atoms with Gasteiger partial charge in [0.2, 0.25) is 0 Å². The van der Waals surface area contributed by atoms with Crippen molar-refractivity contribution in [2.24, 2.45) is 0 Å². The summed E-state index contributed by atoms with van der Waals surface area (Å²) in [5, 5.41) is 12.3. The van der Waals surface area contributed by atoms with Crippen molar-refractivity contribution in [2.45, 2.75) is 13.8 Å². The predicted molar refractivity (Wildman–Crippen MR) is 78.1 cm³/mol. The van der Waals surface area contributed by atoms with Crippen LogP contribution in [0.25, 0.3) is 0 Å². The fourth-order valence-electron chi connectivity index (χ4n) is 1.66. The van der Waals surface area contributed by atoms with Crippen molar-refractivity contribution in [3.8, 4) is 0 Å². The number of aromatic carboxylic acids is 1. The van der Waals surface area contributed by atoms with Gasteiger partial charge in [0.05, 0.1) is 5.69 Å². The number of pyridine rings is 1. The highest BCUT2D eigenvalue weighted by atomic mass is 79.9. The van der Waals surface area contributed by atoms with E-state index in [1.165, 1.54) is 6.20 Å². The fraction of sp³-hybridized carbons (Fsp3) is 0.143. The monoisotopic (exact) mass is 320 g/mol. The van der Waals surface area contributed by atoms with Gasteiger partial charge in [-0.25, -0.2) is 4.79 Å². The summed E-state index contributed by atoms with van der Waals surface area (Å²) >= 11 is 3.45. The van der Waals surface area contributed by atoms with Crippen LogP contribution in [0.1, 0.15) is 21.6 Å². The van der Waals surface area contributed by atoms with Crippen LogP contribution in [0, 0.1) is 13.8 Å². The third-order valence-electron chi connectivity index (χ3n) is 2.72. The van der Waals surface area contributed by atoms with Gasteiger partial charge >= 0.3 is 5.97 Å². The summed E-state index contributed by atoms with van der Waals surface area (Å²) in [6.45, 7) is 3.81. The quantitative estimate of drug-likeness (QED) is 0.900. The second-order valence-electron chi connectivity index (χ2n) is 4.27. The topological polar surface area (TPSA) is 62.2 Å². The first-order valence-electron chi connectivity index (χ1n) is 5.70. The van der Waals surface area contributed by atoms with Gasteiger partial charge in [-0.1, -0.05) is 22.0 Å². The molecule has 0 aliphatic rings. The first kappa shape index (κ1) is 13.5. The Morgan fingerprint density at radius 3 is 2.68 bits per heavy atom.